The van der Waals surface area contributed by atoms with Crippen molar-refractivity contribution in [3.05, 3.63) is 53.6 Å². The van der Waals surface area contributed by atoms with Crippen LogP contribution in [0.25, 0.3) is 0 Å². The number of likely N-dealkylation sites (tertiary alicyclic amines) is 1. The van der Waals surface area contributed by atoms with Crippen molar-refractivity contribution in [3.63, 3.8) is 0 Å². The van der Waals surface area contributed by atoms with Gasteiger partial charge in [0.05, 0.1) is 19.0 Å². The van der Waals surface area contributed by atoms with E-state index in [0.29, 0.717) is 37.8 Å². The van der Waals surface area contributed by atoms with Gasteiger partial charge in [-0.25, -0.2) is 14.2 Å². The van der Waals surface area contributed by atoms with E-state index in [-0.39, 0.29) is 11.8 Å². The summed E-state index contributed by atoms with van der Waals surface area (Å²) < 4.78 is 19.3. The first kappa shape index (κ1) is 22.5. The monoisotopic (exact) mass is 429 g/mol. The molecule has 9 heteroatoms. The Morgan fingerprint density at radius 2 is 2.06 bits per heavy atom. The first-order valence-corrected chi connectivity index (χ1v) is 10.2. The van der Waals surface area contributed by atoms with E-state index >= 15 is 0 Å². The molecule has 2 aromatic rings. The van der Waals surface area contributed by atoms with E-state index in [1.807, 2.05) is 14.0 Å². The maximum Gasteiger partial charge on any atom is 0.409 e. The fraction of sp³-hybridized carbons (Fsp3) is 0.409. The number of nitrogens with zero attached hydrogens (tertiary/aromatic N) is 4. The summed E-state index contributed by atoms with van der Waals surface area (Å²) in [6, 6.07) is 8.62. The van der Waals surface area contributed by atoms with Crippen molar-refractivity contribution in [2.45, 2.75) is 32.4 Å². The van der Waals surface area contributed by atoms with Gasteiger partial charge >= 0.3 is 6.09 Å². The summed E-state index contributed by atoms with van der Waals surface area (Å²) in [5.74, 6) is -0.502. The largest absolute Gasteiger partial charge is 0.453 e. The number of halogens is 1. The maximum atomic E-state index is 14.5. The van der Waals surface area contributed by atoms with E-state index in [0.717, 1.165) is 29.1 Å². The first-order valence-electron chi connectivity index (χ1n) is 10.2. The van der Waals surface area contributed by atoms with Gasteiger partial charge in [-0.3, -0.25) is 20.1 Å². The summed E-state index contributed by atoms with van der Waals surface area (Å²) in [7, 11) is 3.40. The van der Waals surface area contributed by atoms with E-state index in [9.17, 15) is 14.0 Å². The second-order valence-electron chi connectivity index (χ2n) is 7.66. The number of amides is 2. The minimum Gasteiger partial charge on any atom is -0.453 e. The number of rotatable bonds is 7. The van der Waals surface area contributed by atoms with Crippen molar-refractivity contribution in [2.24, 2.45) is 0 Å². The summed E-state index contributed by atoms with van der Waals surface area (Å²) in [5, 5.41) is 1.11. The van der Waals surface area contributed by atoms with Gasteiger partial charge in [-0.1, -0.05) is 6.07 Å². The van der Waals surface area contributed by atoms with Crippen LogP contribution in [-0.2, 0) is 16.1 Å². The average Bonchev–Trinajstić information content (AvgIpc) is 2.79. The summed E-state index contributed by atoms with van der Waals surface area (Å²) >= 11 is 0. The van der Waals surface area contributed by atoms with Crippen molar-refractivity contribution >= 4 is 23.9 Å². The van der Waals surface area contributed by atoms with Crippen molar-refractivity contribution < 1.29 is 18.7 Å². The van der Waals surface area contributed by atoms with Gasteiger partial charge in [0.25, 0.3) is 0 Å². The molecule has 1 aromatic carbocycles. The fourth-order valence-electron chi connectivity index (χ4n) is 3.69. The zero-order valence-electron chi connectivity index (χ0n) is 18.0. The Morgan fingerprint density at radius 1 is 1.32 bits per heavy atom. The number of carbonyl (C=O) groups excluding carboxylic acids is 2. The number of ether oxygens (including phenoxy) is 1. The predicted molar refractivity (Wildman–Crippen MR) is 116 cm³/mol. The molecule has 3 rings (SSSR count). The van der Waals surface area contributed by atoms with E-state index in [1.165, 1.54) is 13.2 Å². The van der Waals surface area contributed by atoms with Crippen molar-refractivity contribution in [1.29, 1.82) is 0 Å². The van der Waals surface area contributed by atoms with E-state index in [4.69, 9.17) is 4.74 Å². The van der Waals surface area contributed by atoms with Crippen molar-refractivity contribution in [1.82, 2.24) is 14.8 Å². The minimum absolute atomic E-state index is 0.141. The lowest BCUT2D eigenvalue weighted by Gasteiger charge is -2.36. The highest BCUT2D eigenvalue weighted by atomic mass is 19.1. The summed E-state index contributed by atoms with van der Waals surface area (Å²) in [6.45, 7) is 3.74. The van der Waals surface area contributed by atoms with Gasteiger partial charge in [0.2, 0.25) is 6.41 Å². The highest BCUT2D eigenvalue weighted by molar-refractivity contribution is 5.79. The number of hydrogen-bond acceptors (Lipinski definition) is 6. The van der Waals surface area contributed by atoms with Crippen LogP contribution in [0.5, 0.6) is 0 Å². The highest BCUT2D eigenvalue weighted by Gasteiger charge is 2.26. The normalized spacial score (nSPS) is 14.4. The number of piperidine rings is 1. The molecule has 1 saturated heterocycles. The molecular formula is C22H28FN5O3. The van der Waals surface area contributed by atoms with Crippen LogP contribution in [0.3, 0.4) is 0 Å². The van der Waals surface area contributed by atoms with Crippen LogP contribution in [0.1, 0.15) is 24.1 Å². The smallest absolute Gasteiger partial charge is 0.409 e. The van der Waals surface area contributed by atoms with E-state index in [1.54, 1.807) is 35.4 Å². The molecule has 31 heavy (non-hydrogen) atoms. The zero-order chi connectivity index (χ0) is 22.4. The molecule has 1 aromatic heterocycles. The molecule has 0 unspecified atom stereocenters. The molecule has 2 amide bonds. The number of anilines is 2. The Bertz CT molecular complexity index is 901. The van der Waals surface area contributed by atoms with Gasteiger partial charge in [-0.2, -0.15) is 0 Å². The zero-order valence-corrected chi connectivity index (χ0v) is 18.0. The minimum atomic E-state index is -0.502. The Morgan fingerprint density at radius 3 is 2.68 bits per heavy atom. The summed E-state index contributed by atoms with van der Waals surface area (Å²) in [6.07, 6.45) is 3.50. The van der Waals surface area contributed by atoms with Crippen LogP contribution >= 0.6 is 0 Å². The van der Waals surface area contributed by atoms with Crippen molar-refractivity contribution in [2.75, 3.05) is 37.7 Å². The van der Waals surface area contributed by atoms with Crippen LogP contribution < -0.4 is 10.4 Å². The Hall–Kier alpha value is -3.20. The third-order valence-corrected chi connectivity index (χ3v) is 5.49. The van der Waals surface area contributed by atoms with Gasteiger partial charge in [0, 0.05) is 31.4 Å². The standard InChI is InChI=1S/C22H28FN5O3/c1-16-4-6-18(13-24-16)25-28(15-29)21-12-17(5-7-20(21)23)14-26(2)19-8-10-27(11-9-19)22(30)31-3/h4-7,12-13,15,19,25H,8-11,14H2,1-3H3. The topological polar surface area (TPSA) is 78.0 Å². The number of methoxy groups -OCH3 is 1. The molecule has 2 heterocycles. The van der Waals surface area contributed by atoms with Crippen LogP contribution in [-0.4, -0.2) is 60.6 Å². The van der Waals surface area contributed by atoms with Gasteiger partial charge in [0.15, 0.2) is 0 Å². The Labute approximate surface area is 181 Å². The van der Waals surface area contributed by atoms with E-state index in [2.05, 4.69) is 15.3 Å². The van der Waals surface area contributed by atoms with Crippen LogP contribution in [0.4, 0.5) is 20.6 Å². The molecule has 8 nitrogen and oxygen atoms in total. The lowest BCUT2D eigenvalue weighted by atomic mass is 10.0. The number of aryl methyl sites for hydroxylation is 1. The summed E-state index contributed by atoms with van der Waals surface area (Å²) in [5.41, 5.74) is 5.32. The number of benzene rings is 1. The van der Waals surface area contributed by atoms with Gasteiger partial charge < -0.3 is 9.64 Å². The van der Waals surface area contributed by atoms with Crippen LogP contribution in [0.2, 0.25) is 0 Å². The molecule has 1 aliphatic heterocycles. The van der Waals surface area contributed by atoms with Gasteiger partial charge in [-0.15, -0.1) is 0 Å². The highest BCUT2D eigenvalue weighted by Crippen LogP contribution is 2.24. The predicted octanol–water partition coefficient (Wildman–Crippen LogP) is 3.18. The molecule has 166 valence electrons. The quantitative estimate of drug-likeness (QED) is 0.538. The van der Waals surface area contributed by atoms with Gasteiger partial charge in [-0.05, 0) is 56.6 Å². The van der Waals surface area contributed by atoms with Crippen molar-refractivity contribution in [3.8, 4) is 0 Å². The van der Waals surface area contributed by atoms with E-state index < -0.39 is 5.82 Å². The number of hydrogen-bond donors (Lipinski definition) is 1. The lowest BCUT2D eigenvalue weighted by molar-refractivity contribution is -0.107. The maximum absolute atomic E-state index is 14.5. The van der Waals surface area contributed by atoms with Crippen LogP contribution in [0, 0.1) is 12.7 Å². The molecule has 0 radical (unpaired) electrons. The molecule has 0 bridgehead atoms. The number of carbonyl (C=O) groups is 2. The molecule has 0 spiro atoms. The average molecular weight is 429 g/mol. The SMILES string of the molecule is COC(=O)N1CCC(N(C)Cc2ccc(F)c(N(C=O)Nc3ccc(C)nc3)c2)CC1. The lowest BCUT2D eigenvalue weighted by Crippen LogP contribution is -2.45. The third-order valence-electron chi connectivity index (χ3n) is 5.49. The molecule has 0 atom stereocenters. The Balaban J connectivity index is 1.66. The first-order chi connectivity index (χ1) is 14.9. The number of pyridine rings is 1. The number of aromatic nitrogens is 1. The molecule has 1 aliphatic rings. The second kappa shape index (κ2) is 10.2. The number of hydrazine groups is 1. The van der Waals surface area contributed by atoms with Gasteiger partial charge in [0.1, 0.15) is 11.5 Å². The second-order valence-corrected chi connectivity index (χ2v) is 7.66. The van der Waals surface area contributed by atoms with Crippen LogP contribution in [0.15, 0.2) is 36.5 Å². The molecule has 1 fully saturated rings. The fourth-order valence-corrected chi connectivity index (χ4v) is 3.69. The molecule has 1 N–H and O–H groups in total. The third kappa shape index (κ3) is 5.69. The Kier molecular flexibility index (Phi) is 7.41. The summed E-state index contributed by atoms with van der Waals surface area (Å²) in [4.78, 5) is 31.4. The molecular weight excluding hydrogens is 401 g/mol. The molecule has 0 saturated carbocycles. The molecule has 0 aliphatic carbocycles. The number of nitrogens with one attached hydrogen (secondary N) is 1.